The zero-order valence-electron chi connectivity index (χ0n) is 19.1. The molecule has 0 spiro atoms. The van der Waals surface area contributed by atoms with Gasteiger partial charge in [-0.1, -0.05) is 11.3 Å². The minimum Gasteiger partial charge on any atom is -0.378 e. The number of hydrogen-bond acceptors (Lipinski definition) is 6. The molecule has 1 atom stereocenters. The summed E-state index contributed by atoms with van der Waals surface area (Å²) >= 11 is 1.63. The van der Waals surface area contributed by atoms with E-state index < -0.39 is 6.04 Å². The second-order valence-corrected chi connectivity index (χ2v) is 11.7. The molecule has 5 aliphatic rings. The second-order valence-electron chi connectivity index (χ2n) is 10.7. The molecule has 7 nitrogen and oxygen atoms in total. The van der Waals surface area contributed by atoms with Crippen LogP contribution in [0.4, 0.5) is 10.8 Å². The summed E-state index contributed by atoms with van der Waals surface area (Å²) in [4.78, 5) is 33.2. The van der Waals surface area contributed by atoms with Crippen LogP contribution in [0.2, 0.25) is 0 Å². The topological polar surface area (TPSA) is 83.6 Å². The van der Waals surface area contributed by atoms with E-state index in [1.54, 1.807) is 18.3 Å². The van der Waals surface area contributed by atoms with Crippen molar-refractivity contribution in [2.45, 2.75) is 51.5 Å². The predicted molar refractivity (Wildman–Crippen MR) is 129 cm³/mol. The molecule has 7 rings (SSSR count). The Balaban J connectivity index is 1.10. The fourth-order valence-corrected chi connectivity index (χ4v) is 7.99. The molecule has 33 heavy (non-hydrogen) atoms. The molecular formula is C25H32N4O3S. The van der Waals surface area contributed by atoms with Gasteiger partial charge in [-0.25, -0.2) is 4.98 Å². The number of anilines is 2. The van der Waals surface area contributed by atoms with Crippen molar-refractivity contribution in [2.75, 3.05) is 36.5 Å². The van der Waals surface area contributed by atoms with Crippen molar-refractivity contribution >= 4 is 44.2 Å². The molecule has 2 N–H and O–H groups in total. The normalized spacial score (nSPS) is 31.5. The molecule has 1 unspecified atom stereocenters. The van der Waals surface area contributed by atoms with Crippen LogP contribution >= 0.6 is 11.3 Å². The summed E-state index contributed by atoms with van der Waals surface area (Å²) in [5.41, 5.74) is 1.43. The molecule has 8 heteroatoms. The number of carbonyl (C=O) groups is 2. The lowest BCUT2D eigenvalue weighted by Crippen LogP contribution is -2.56. The number of thiazole rings is 1. The van der Waals surface area contributed by atoms with Gasteiger partial charge in [0.05, 0.1) is 23.4 Å². The zero-order valence-corrected chi connectivity index (χ0v) is 20.0. The molecule has 4 aliphatic carbocycles. The minimum absolute atomic E-state index is 0.0947. The van der Waals surface area contributed by atoms with E-state index in [0.29, 0.717) is 17.8 Å². The second kappa shape index (κ2) is 8.24. The molecule has 2 amide bonds. The smallest absolute Gasteiger partial charge is 0.246 e. The van der Waals surface area contributed by atoms with Crippen molar-refractivity contribution in [2.24, 2.45) is 23.2 Å². The first-order chi connectivity index (χ1) is 16.0. The van der Waals surface area contributed by atoms with E-state index >= 15 is 0 Å². The van der Waals surface area contributed by atoms with Gasteiger partial charge in [0.25, 0.3) is 0 Å². The molecule has 1 aliphatic heterocycles. The number of ether oxygens (including phenoxy) is 1. The van der Waals surface area contributed by atoms with Crippen LogP contribution < -0.4 is 15.5 Å². The van der Waals surface area contributed by atoms with Crippen LogP contribution in [-0.2, 0) is 14.3 Å². The molecule has 4 bridgehead atoms. The maximum Gasteiger partial charge on any atom is 0.246 e. The highest BCUT2D eigenvalue weighted by molar-refractivity contribution is 7.22. The SMILES string of the molecule is CC(NC(=O)C12CC3CC(CC(C3)C1)C2)C(=O)Nc1ccc2nc(N3CCOCC3)sc2c1. The maximum absolute atomic E-state index is 13.3. The Morgan fingerprint density at radius 1 is 1.12 bits per heavy atom. The minimum atomic E-state index is -0.563. The fraction of sp³-hybridized carbons (Fsp3) is 0.640. The number of amides is 2. The maximum atomic E-state index is 13.3. The van der Waals surface area contributed by atoms with E-state index in [4.69, 9.17) is 9.72 Å². The molecule has 176 valence electrons. The van der Waals surface area contributed by atoms with Gasteiger partial charge in [0, 0.05) is 24.2 Å². The number of aromatic nitrogens is 1. The Morgan fingerprint density at radius 3 is 2.45 bits per heavy atom. The van der Waals surface area contributed by atoms with Gasteiger partial charge in [0.1, 0.15) is 6.04 Å². The summed E-state index contributed by atoms with van der Waals surface area (Å²) in [6, 6.07) is 5.25. The monoisotopic (exact) mass is 468 g/mol. The van der Waals surface area contributed by atoms with Crippen molar-refractivity contribution in [3.05, 3.63) is 18.2 Å². The van der Waals surface area contributed by atoms with Crippen LogP contribution in [0, 0.1) is 23.2 Å². The van der Waals surface area contributed by atoms with E-state index in [1.165, 1.54) is 19.3 Å². The van der Waals surface area contributed by atoms with Gasteiger partial charge in [-0.3, -0.25) is 9.59 Å². The Bertz CT molecular complexity index is 1040. The summed E-state index contributed by atoms with van der Waals surface area (Å²) in [6.07, 6.45) is 6.92. The molecule has 5 fully saturated rings. The Morgan fingerprint density at radius 2 is 1.79 bits per heavy atom. The van der Waals surface area contributed by atoms with Crippen LogP contribution in [0.3, 0.4) is 0 Å². The van der Waals surface area contributed by atoms with Crippen LogP contribution in [0.15, 0.2) is 18.2 Å². The first kappa shape index (κ1) is 21.4. The first-order valence-corrected chi connectivity index (χ1v) is 13.1. The number of morpholine rings is 1. The van der Waals surface area contributed by atoms with E-state index in [1.807, 2.05) is 18.2 Å². The standard InChI is InChI=1S/C25H32N4O3S/c1-15(26-23(31)25-12-16-8-17(13-25)10-18(9-16)14-25)22(30)27-19-2-3-20-21(11-19)33-24(28-20)29-4-6-32-7-5-29/h2-3,11,15-18H,4-10,12-14H2,1H3,(H,26,31)(H,27,30). The van der Waals surface area contributed by atoms with Crippen LogP contribution in [-0.4, -0.2) is 49.1 Å². The van der Waals surface area contributed by atoms with Crippen LogP contribution in [0.25, 0.3) is 10.2 Å². The molecule has 0 radical (unpaired) electrons. The lowest BCUT2D eigenvalue weighted by molar-refractivity contribution is -0.147. The van der Waals surface area contributed by atoms with Crippen molar-refractivity contribution in [1.29, 1.82) is 0 Å². The lowest BCUT2D eigenvalue weighted by Gasteiger charge is -2.55. The summed E-state index contributed by atoms with van der Waals surface area (Å²) in [6.45, 7) is 4.94. The third-order valence-electron chi connectivity index (χ3n) is 8.19. The zero-order chi connectivity index (χ0) is 22.6. The number of hydrogen-bond donors (Lipinski definition) is 2. The Hall–Kier alpha value is -2.19. The molecule has 1 aromatic carbocycles. The number of nitrogens with one attached hydrogen (secondary N) is 2. The van der Waals surface area contributed by atoms with E-state index in [2.05, 4.69) is 15.5 Å². The summed E-state index contributed by atoms with van der Waals surface area (Å²) < 4.78 is 6.47. The molecule has 1 saturated heterocycles. The predicted octanol–water partition coefficient (Wildman–Crippen LogP) is 3.79. The van der Waals surface area contributed by atoms with Crippen molar-refractivity contribution in [3.8, 4) is 0 Å². The Kier molecular flexibility index (Phi) is 5.33. The van der Waals surface area contributed by atoms with Gasteiger partial charge in [-0.15, -0.1) is 0 Å². The first-order valence-electron chi connectivity index (χ1n) is 12.3. The number of fused-ring (bicyclic) bond motifs is 1. The largest absolute Gasteiger partial charge is 0.378 e. The van der Waals surface area contributed by atoms with E-state index in [-0.39, 0.29) is 17.2 Å². The van der Waals surface area contributed by atoms with Gasteiger partial charge in [-0.05, 0) is 81.4 Å². The molecular weight excluding hydrogens is 436 g/mol. The summed E-state index contributed by atoms with van der Waals surface area (Å²) in [5, 5.41) is 7.05. The van der Waals surface area contributed by atoms with Crippen LogP contribution in [0.5, 0.6) is 0 Å². The summed E-state index contributed by atoms with van der Waals surface area (Å²) in [7, 11) is 0. The average Bonchev–Trinajstić information content (AvgIpc) is 3.22. The average molecular weight is 469 g/mol. The number of carbonyl (C=O) groups excluding carboxylic acids is 2. The highest BCUT2D eigenvalue weighted by atomic mass is 32.1. The van der Waals surface area contributed by atoms with Crippen molar-refractivity contribution in [3.63, 3.8) is 0 Å². The lowest BCUT2D eigenvalue weighted by atomic mass is 9.49. The quantitative estimate of drug-likeness (QED) is 0.698. The van der Waals surface area contributed by atoms with Gasteiger partial charge in [0.2, 0.25) is 11.8 Å². The van der Waals surface area contributed by atoms with Gasteiger partial charge in [-0.2, -0.15) is 0 Å². The highest BCUT2D eigenvalue weighted by Gasteiger charge is 2.54. The van der Waals surface area contributed by atoms with Gasteiger partial charge < -0.3 is 20.3 Å². The van der Waals surface area contributed by atoms with E-state index in [9.17, 15) is 9.59 Å². The number of benzene rings is 1. The molecule has 2 aromatic rings. The van der Waals surface area contributed by atoms with Gasteiger partial charge in [0.15, 0.2) is 5.13 Å². The van der Waals surface area contributed by atoms with Crippen molar-refractivity contribution < 1.29 is 14.3 Å². The highest BCUT2D eigenvalue weighted by Crippen LogP contribution is 2.60. The number of nitrogens with zero attached hydrogens (tertiary/aromatic N) is 2. The molecule has 4 saturated carbocycles. The van der Waals surface area contributed by atoms with Gasteiger partial charge >= 0.3 is 0 Å². The third-order valence-corrected chi connectivity index (χ3v) is 9.27. The van der Waals surface area contributed by atoms with E-state index in [0.717, 1.165) is 66.6 Å². The summed E-state index contributed by atoms with van der Waals surface area (Å²) in [5.74, 6) is 2.04. The van der Waals surface area contributed by atoms with Crippen LogP contribution in [0.1, 0.15) is 45.4 Å². The number of rotatable bonds is 5. The van der Waals surface area contributed by atoms with Crippen molar-refractivity contribution in [1.82, 2.24) is 10.3 Å². The molecule has 2 heterocycles. The third kappa shape index (κ3) is 4.01. The fourth-order valence-electron chi connectivity index (χ4n) is 6.93. The molecule has 1 aromatic heterocycles. The Labute approximate surface area is 198 Å².